The van der Waals surface area contributed by atoms with E-state index >= 15 is 0 Å². The second-order valence-electron chi connectivity index (χ2n) is 7.37. The van der Waals surface area contributed by atoms with Gasteiger partial charge < -0.3 is 14.9 Å². The third-order valence-corrected chi connectivity index (χ3v) is 4.76. The van der Waals surface area contributed by atoms with Crippen molar-refractivity contribution in [2.45, 2.75) is 38.8 Å². The van der Waals surface area contributed by atoms with Gasteiger partial charge in [-0.15, -0.1) is 5.10 Å². The molecule has 190 valence electrons. The molecule has 0 fully saturated rings. The van der Waals surface area contributed by atoms with Crippen LogP contribution in [0.3, 0.4) is 0 Å². The number of aromatic nitrogens is 6. The first-order valence-electron chi connectivity index (χ1n) is 11.2. The minimum atomic E-state index is -0.817. The van der Waals surface area contributed by atoms with Crippen molar-refractivity contribution in [1.82, 2.24) is 30.4 Å². The molecule has 11 heteroatoms. The molecule has 0 spiro atoms. The number of aryl methyl sites for hydroxylation is 2. The molecule has 4 aromatic rings. The summed E-state index contributed by atoms with van der Waals surface area (Å²) in [5.74, 6) is -1.03. The molecule has 0 amide bonds. The van der Waals surface area contributed by atoms with Gasteiger partial charge >= 0.3 is 11.9 Å². The summed E-state index contributed by atoms with van der Waals surface area (Å²) in [5, 5.41) is 32.9. The molecule has 0 aliphatic carbocycles. The Kier molecular flexibility index (Phi) is 12.6. The number of benzene rings is 2. The van der Waals surface area contributed by atoms with Crippen molar-refractivity contribution in [1.29, 1.82) is 0 Å². The number of carbonyl (C=O) groups is 2. The van der Waals surface area contributed by atoms with E-state index in [-0.39, 0.29) is 12.4 Å². The molecule has 11 nitrogen and oxygen atoms in total. The van der Waals surface area contributed by atoms with E-state index in [1.54, 1.807) is 6.20 Å². The van der Waals surface area contributed by atoms with E-state index in [0.29, 0.717) is 38.1 Å². The Balaban J connectivity index is 0.000000318. The van der Waals surface area contributed by atoms with Crippen LogP contribution >= 0.6 is 0 Å². The number of hydrogen-bond donors (Lipinski definition) is 3. The van der Waals surface area contributed by atoms with Crippen molar-refractivity contribution in [3.8, 4) is 0 Å². The molecule has 4 rings (SSSR count). The number of nitrogens with zero attached hydrogens (tertiary/aromatic N) is 5. The number of nitrogens with one attached hydrogen (secondary N) is 1. The average Bonchev–Trinajstić information content (AvgIpc) is 3.60. The van der Waals surface area contributed by atoms with Crippen LogP contribution in [-0.4, -0.2) is 59.7 Å². The lowest BCUT2D eigenvalue weighted by Crippen LogP contribution is -2.10. The number of aromatic amines is 1. The molecule has 0 unspecified atom stereocenters. The van der Waals surface area contributed by atoms with Gasteiger partial charge in [-0.3, -0.25) is 9.59 Å². The van der Waals surface area contributed by atoms with Crippen LogP contribution in [0, 0.1) is 0 Å². The monoisotopic (exact) mass is 494 g/mol. The van der Waals surface area contributed by atoms with Gasteiger partial charge in [-0.1, -0.05) is 65.9 Å². The Hall–Kier alpha value is -4.38. The van der Waals surface area contributed by atoms with Crippen LogP contribution in [0.5, 0.6) is 0 Å². The topological polar surface area (TPSA) is 156 Å². The van der Waals surface area contributed by atoms with Gasteiger partial charge in [0.25, 0.3) is 0 Å². The second-order valence-corrected chi connectivity index (χ2v) is 7.37. The highest BCUT2D eigenvalue weighted by Gasteiger charge is 2.09. The largest absolute Gasteiger partial charge is 0.481 e. The summed E-state index contributed by atoms with van der Waals surface area (Å²) in [7, 11) is 1.00. The van der Waals surface area contributed by atoms with E-state index in [4.69, 9.17) is 14.9 Å². The number of aliphatic hydroxyl groups excluding tert-OH is 1. The highest BCUT2D eigenvalue weighted by atomic mass is 16.5. The van der Waals surface area contributed by atoms with Crippen molar-refractivity contribution < 1.29 is 24.5 Å². The zero-order valence-corrected chi connectivity index (χ0v) is 20.0. The molecular formula is C25H30N6O5. The molecule has 0 atom stereocenters. The first-order valence-corrected chi connectivity index (χ1v) is 11.2. The number of H-pyrrole nitrogens is 1. The number of aliphatic hydroxyl groups is 1. The van der Waals surface area contributed by atoms with Gasteiger partial charge in [-0.2, -0.15) is 15.4 Å². The van der Waals surface area contributed by atoms with E-state index in [0.717, 1.165) is 23.9 Å². The summed E-state index contributed by atoms with van der Waals surface area (Å²) in [4.78, 5) is 21.9. The molecule has 0 radical (unpaired) electrons. The third kappa shape index (κ3) is 10.7. The van der Waals surface area contributed by atoms with Crippen molar-refractivity contribution >= 4 is 11.9 Å². The van der Waals surface area contributed by atoms with E-state index in [1.807, 2.05) is 65.3 Å². The molecule has 0 aliphatic heterocycles. The highest BCUT2D eigenvalue weighted by molar-refractivity contribution is 5.69. The molecule has 0 bridgehead atoms. The predicted octanol–water partition coefficient (Wildman–Crippen LogP) is 2.43. The van der Waals surface area contributed by atoms with Crippen LogP contribution in [0.1, 0.15) is 35.4 Å². The molecule has 2 aromatic carbocycles. The van der Waals surface area contributed by atoms with Gasteiger partial charge in [0.15, 0.2) is 0 Å². The lowest BCUT2D eigenvalue weighted by molar-refractivity contribution is -0.145. The molecule has 36 heavy (non-hydrogen) atoms. The number of carboxylic acids is 1. The maximum absolute atomic E-state index is 11.9. The van der Waals surface area contributed by atoms with Gasteiger partial charge in [-0.25, -0.2) is 4.68 Å². The Morgan fingerprint density at radius 3 is 2.19 bits per heavy atom. The smallest absolute Gasteiger partial charge is 0.306 e. The average molecular weight is 495 g/mol. The Labute approximate surface area is 208 Å². The Morgan fingerprint density at radius 2 is 1.58 bits per heavy atom. The fraction of sp³-hybridized carbons (Fsp3) is 0.280. The van der Waals surface area contributed by atoms with Crippen LogP contribution in [0.2, 0.25) is 0 Å². The minimum absolute atomic E-state index is 0.104. The molecular weight excluding hydrogens is 464 g/mol. The van der Waals surface area contributed by atoms with Crippen molar-refractivity contribution in [2.24, 2.45) is 0 Å². The van der Waals surface area contributed by atoms with Crippen molar-refractivity contribution in [2.75, 3.05) is 7.11 Å². The molecule has 2 aromatic heterocycles. The fourth-order valence-corrected chi connectivity index (χ4v) is 2.98. The summed E-state index contributed by atoms with van der Waals surface area (Å²) < 4.78 is 7.11. The van der Waals surface area contributed by atoms with Crippen LogP contribution in [-0.2, 0) is 40.3 Å². The quantitative estimate of drug-likeness (QED) is 0.282. The summed E-state index contributed by atoms with van der Waals surface area (Å²) in [5.41, 5.74) is 3.75. The van der Waals surface area contributed by atoms with Gasteiger partial charge in [0, 0.05) is 20.0 Å². The summed E-state index contributed by atoms with van der Waals surface area (Å²) >= 11 is 0. The van der Waals surface area contributed by atoms with Crippen LogP contribution in [0.15, 0.2) is 73.1 Å². The van der Waals surface area contributed by atoms with Crippen LogP contribution < -0.4 is 0 Å². The number of hydrogen-bond acceptors (Lipinski definition) is 8. The number of carboxylic acid groups (broad SMARTS) is 1. The lowest BCUT2D eigenvalue weighted by atomic mass is 10.2. The number of ether oxygens (including phenoxy) is 1. The van der Waals surface area contributed by atoms with Gasteiger partial charge in [0.2, 0.25) is 0 Å². The molecule has 2 heterocycles. The molecule has 0 saturated carbocycles. The van der Waals surface area contributed by atoms with Crippen molar-refractivity contribution in [3.63, 3.8) is 0 Å². The molecule has 0 aliphatic rings. The summed E-state index contributed by atoms with van der Waals surface area (Å²) in [6.45, 7) is 0.955. The maximum atomic E-state index is 11.9. The first kappa shape index (κ1) is 27.9. The van der Waals surface area contributed by atoms with E-state index in [1.165, 1.54) is 6.20 Å². The minimum Gasteiger partial charge on any atom is -0.481 e. The zero-order valence-electron chi connectivity index (χ0n) is 20.0. The Morgan fingerprint density at radius 1 is 0.917 bits per heavy atom. The lowest BCUT2D eigenvalue weighted by Gasteiger charge is -2.07. The van der Waals surface area contributed by atoms with Gasteiger partial charge in [0.05, 0.1) is 43.2 Å². The van der Waals surface area contributed by atoms with E-state index in [9.17, 15) is 9.59 Å². The normalized spacial score (nSPS) is 9.83. The summed E-state index contributed by atoms with van der Waals surface area (Å²) in [6, 6.07) is 19.7. The van der Waals surface area contributed by atoms with E-state index in [2.05, 4.69) is 25.7 Å². The number of aliphatic carboxylic acids is 1. The summed E-state index contributed by atoms with van der Waals surface area (Å²) in [6.07, 6.45) is 4.64. The fourth-order valence-electron chi connectivity index (χ4n) is 2.98. The van der Waals surface area contributed by atoms with Crippen molar-refractivity contribution in [3.05, 3.63) is 95.6 Å². The third-order valence-electron chi connectivity index (χ3n) is 4.76. The SMILES string of the molecule is CO.O=C(CCc1cnnn1Cc1ccccc1)OCc1ccccc1.O=C(O)CCc1cn[nH]n1. The highest BCUT2D eigenvalue weighted by Crippen LogP contribution is 2.08. The molecule has 3 N–H and O–H groups in total. The standard InChI is InChI=1S/C19H19N3O2.C5H7N3O2.CH4O/c23-19(24-15-17-9-5-2-6-10-17)12-11-18-13-20-21-22(18)14-16-7-3-1-4-8-16;9-5(10)2-1-4-3-6-8-7-4;1-2/h1-10,13H,11-12,14-15H2;3H,1-2H2,(H,9,10)(H,6,7,8);2H,1H3. The zero-order chi connectivity index (χ0) is 26.0. The van der Waals surface area contributed by atoms with E-state index < -0.39 is 5.97 Å². The Bertz CT molecular complexity index is 1130. The number of carbonyl (C=O) groups excluding carboxylic acids is 1. The van der Waals surface area contributed by atoms with Gasteiger partial charge in [0.1, 0.15) is 6.61 Å². The first-order chi connectivity index (χ1) is 17.6. The number of esters is 1. The molecule has 0 saturated heterocycles. The van der Waals surface area contributed by atoms with Crippen LogP contribution in [0.25, 0.3) is 0 Å². The maximum Gasteiger partial charge on any atom is 0.306 e. The second kappa shape index (κ2) is 16.3. The predicted molar refractivity (Wildman–Crippen MR) is 131 cm³/mol. The van der Waals surface area contributed by atoms with Crippen LogP contribution in [0.4, 0.5) is 0 Å². The van der Waals surface area contributed by atoms with Gasteiger partial charge in [-0.05, 0) is 11.1 Å². The number of rotatable bonds is 10.